The van der Waals surface area contributed by atoms with Crippen LogP contribution in [0.5, 0.6) is 0 Å². The summed E-state index contributed by atoms with van der Waals surface area (Å²) < 4.78 is 38.9. The third-order valence-electron chi connectivity index (χ3n) is 3.34. The number of hydrogen-bond acceptors (Lipinski definition) is 2. The monoisotopic (exact) mass is 334 g/mol. The summed E-state index contributed by atoms with van der Waals surface area (Å²) in [6.07, 6.45) is -4.32. The first-order valence-corrected chi connectivity index (χ1v) is 7.68. The number of benzene rings is 2. The molecule has 0 spiro atoms. The highest BCUT2D eigenvalue weighted by Crippen LogP contribution is 2.36. The van der Waals surface area contributed by atoms with Gasteiger partial charge in [-0.1, -0.05) is 12.1 Å². The van der Waals surface area contributed by atoms with Gasteiger partial charge >= 0.3 is 6.18 Å². The molecule has 2 nitrogen and oxygen atoms in total. The van der Waals surface area contributed by atoms with Gasteiger partial charge in [0.1, 0.15) is 0 Å². The molecule has 23 heavy (non-hydrogen) atoms. The number of amidine groups is 1. The van der Waals surface area contributed by atoms with Gasteiger partial charge in [-0.15, -0.1) is 11.3 Å². The smallest absolute Gasteiger partial charge is 0.344 e. The molecule has 2 aromatic carbocycles. The van der Waals surface area contributed by atoms with Crippen LogP contribution in [0.4, 0.5) is 18.9 Å². The van der Waals surface area contributed by atoms with E-state index in [4.69, 9.17) is 5.41 Å². The minimum atomic E-state index is -4.32. The molecule has 0 radical (unpaired) electrons. The topological polar surface area (TPSA) is 35.9 Å². The Labute approximate surface area is 135 Å². The van der Waals surface area contributed by atoms with Crippen LogP contribution in [0.1, 0.15) is 12.5 Å². The number of alkyl halides is 3. The molecule has 6 heteroatoms. The predicted octanol–water partition coefficient (Wildman–Crippen LogP) is 6.00. The van der Waals surface area contributed by atoms with Crippen LogP contribution < -0.4 is 5.32 Å². The zero-order valence-electron chi connectivity index (χ0n) is 12.2. The Kier molecular flexibility index (Phi) is 3.85. The van der Waals surface area contributed by atoms with Crippen molar-refractivity contribution in [2.45, 2.75) is 13.1 Å². The van der Waals surface area contributed by atoms with Gasteiger partial charge in [0.05, 0.1) is 11.4 Å². The molecule has 2 N–H and O–H groups in total. The van der Waals surface area contributed by atoms with E-state index in [9.17, 15) is 13.2 Å². The van der Waals surface area contributed by atoms with Crippen LogP contribution in [0, 0.1) is 5.41 Å². The Morgan fingerprint density at radius 1 is 1.04 bits per heavy atom. The number of halogens is 3. The van der Waals surface area contributed by atoms with Crippen molar-refractivity contribution in [3.8, 4) is 10.4 Å². The third kappa shape index (κ3) is 3.37. The number of nitrogens with one attached hydrogen (secondary N) is 2. The van der Waals surface area contributed by atoms with Crippen LogP contribution >= 0.6 is 11.3 Å². The molecular weight excluding hydrogens is 321 g/mol. The summed E-state index contributed by atoms with van der Waals surface area (Å²) >= 11 is 1.53. The molecule has 0 amide bonds. The lowest BCUT2D eigenvalue weighted by Crippen LogP contribution is -2.04. The molecule has 118 valence electrons. The van der Waals surface area contributed by atoms with E-state index in [1.165, 1.54) is 23.5 Å². The van der Waals surface area contributed by atoms with Gasteiger partial charge in [-0.05, 0) is 54.3 Å². The van der Waals surface area contributed by atoms with Crippen molar-refractivity contribution < 1.29 is 13.2 Å². The second-order valence-corrected chi connectivity index (χ2v) is 6.27. The summed E-state index contributed by atoms with van der Waals surface area (Å²) in [6.45, 7) is 1.66. The van der Waals surface area contributed by atoms with Crippen LogP contribution in [0.3, 0.4) is 0 Å². The van der Waals surface area contributed by atoms with Crippen LogP contribution in [0.25, 0.3) is 20.5 Å². The van der Waals surface area contributed by atoms with E-state index >= 15 is 0 Å². The standard InChI is InChI=1S/C17H13F3N2S/c1-10(21)22-14-6-7-15-12(8-14)9-16(23-15)11-2-4-13(5-3-11)17(18,19)20/h2-9H,1H3,(H2,21,22). The highest BCUT2D eigenvalue weighted by Gasteiger charge is 2.30. The normalized spacial score (nSPS) is 11.7. The Hall–Kier alpha value is -2.34. The molecular formula is C17H13F3N2S. The fourth-order valence-electron chi connectivity index (χ4n) is 2.30. The third-order valence-corrected chi connectivity index (χ3v) is 4.51. The molecule has 0 atom stereocenters. The molecule has 1 heterocycles. The minimum Gasteiger partial charge on any atom is -0.344 e. The van der Waals surface area contributed by atoms with Gasteiger partial charge in [-0.3, -0.25) is 5.41 Å². The quantitative estimate of drug-likeness (QED) is 0.438. The molecule has 0 aliphatic heterocycles. The van der Waals surface area contributed by atoms with Crippen molar-refractivity contribution in [2.75, 3.05) is 5.32 Å². The Morgan fingerprint density at radius 2 is 1.74 bits per heavy atom. The molecule has 0 aliphatic rings. The molecule has 1 aromatic heterocycles. The molecule has 0 saturated carbocycles. The number of anilines is 1. The first kappa shape index (κ1) is 15.6. The van der Waals surface area contributed by atoms with Gasteiger partial charge in [0, 0.05) is 15.3 Å². The van der Waals surface area contributed by atoms with E-state index in [1.807, 2.05) is 24.3 Å². The number of hydrogen-bond donors (Lipinski definition) is 2. The number of fused-ring (bicyclic) bond motifs is 1. The van der Waals surface area contributed by atoms with Crippen LogP contribution in [0.2, 0.25) is 0 Å². The van der Waals surface area contributed by atoms with E-state index in [1.54, 1.807) is 6.92 Å². The highest BCUT2D eigenvalue weighted by molar-refractivity contribution is 7.22. The minimum absolute atomic E-state index is 0.350. The van der Waals surface area contributed by atoms with Gasteiger partial charge in [0.15, 0.2) is 0 Å². The zero-order valence-corrected chi connectivity index (χ0v) is 13.0. The van der Waals surface area contributed by atoms with E-state index in [0.29, 0.717) is 5.84 Å². The fourth-order valence-corrected chi connectivity index (χ4v) is 3.35. The summed E-state index contributed by atoms with van der Waals surface area (Å²) in [5.41, 5.74) is 0.939. The summed E-state index contributed by atoms with van der Waals surface area (Å²) in [6, 6.07) is 12.9. The average Bonchev–Trinajstić information content (AvgIpc) is 2.89. The van der Waals surface area contributed by atoms with E-state index in [0.717, 1.165) is 38.3 Å². The van der Waals surface area contributed by atoms with Gasteiger partial charge in [-0.2, -0.15) is 13.2 Å². The van der Waals surface area contributed by atoms with Crippen LogP contribution in [0.15, 0.2) is 48.5 Å². The lowest BCUT2D eigenvalue weighted by Gasteiger charge is -2.06. The zero-order chi connectivity index (χ0) is 16.6. The average molecular weight is 334 g/mol. The lowest BCUT2D eigenvalue weighted by molar-refractivity contribution is -0.137. The van der Waals surface area contributed by atoms with Crippen molar-refractivity contribution in [2.24, 2.45) is 0 Å². The van der Waals surface area contributed by atoms with Gasteiger partial charge < -0.3 is 5.32 Å². The van der Waals surface area contributed by atoms with Crippen LogP contribution in [-0.4, -0.2) is 5.84 Å². The van der Waals surface area contributed by atoms with Gasteiger partial charge in [-0.25, -0.2) is 0 Å². The second kappa shape index (κ2) is 5.70. The molecule has 3 rings (SSSR count). The van der Waals surface area contributed by atoms with Gasteiger partial charge in [0.2, 0.25) is 0 Å². The maximum absolute atomic E-state index is 12.6. The lowest BCUT2D eigenvalue weighted by atomic mass is 10.1. The van der Waals surface area contributed by atoms with E-state index < -0.39 is 11.7 Å². The maximum atomic E-state index is 12.6. The molecule has 3 aromatic rings. The van der Waals surface area contributed by atoms with Crippen molar-refractivity contribution in [3.63, 3.8) is 0 Å². The SMILES string of the molecule is CC(=N)Nc1ccc2sc(-c3ccc(C(F)(F)F)cc3)cc2c1. The molecule has 0 fully saturated rings. The van der Waals surface area contributed by atoms with Gasteiger partial charge in [0.25, 0.3) is 0 Å². The Bertz CT molecular complexity index is 864. The van der Waals surface area contributed by atoms with E-state index in [-0.39, 0.29) is 0 Å². The summed E-state index contributed by atoms with van der Waals surface area (Å²) in [5, 5.41) is 11.4. The molecule has 0 saturated heterocycles. The molecule has 0 unspecified atom stereocenters. The van der Waals surface area contributed by atoms with Crippen molar-refractivity contribution in [1.29, 1.82) is 5.41 Å². The molecule has 0 bridgehead atoms. The van der Waals surface area contributed by atoms with Crippen molar-refractivity contribution >= 4 is 32.9 Å². The number of thiophene rings is 1. The van der Waals surface area contributed by atoms with Crippen LogP contribution in [-0.2, 0) is 6.18 Å². The van der Waals surface area contributed by atoms with E-state index in [2.05, 4.69) is 5.32 Å². The number of rotatable bonds is 2. The summed E-state index contributed by atoms with van der Waals surface area (Å²) in [4.78, 5) is 0.914. The summed E-state index contributed by atoms with van der Waals surface area (Å²) in [7, 11) is 0. The molecule has 0 aliphatic carbocycles. The predicted molar refractivity (Wildman–Crippen MR) is 89.3 cm³/mol. The first-order chi connectivity index (χ1) is 10.8. The van der Waals surface area contributed by atoms with Crippen molar-refractivity contribution in [3.05, 3.63) is 54.1 Å². The second-order valence-electron chi connectivity index (χ2n) is 5.19. The largest absolute Gasteiger partial charge is 0.416 e. The Morgan fingerprint density at radius 3 is 2.35 bits per heavy atom. The highest BCUT2D eigenvalue weighted by atomic mass is 32.1. The fraction of sp³-hybridized carbons (Fsp3) is 0.118. The summed E-state index contributed by atoms with van der Waals surface area (Å²) in [5.74, 6) is 0.350. The Balaban J connectivity index is 1.95. The van der Waals surface area contributed by atoms with Crippen molar-refractivity contribution in [1.82, 2.24) is 0 Å². The first-order valence-electron chi connectivity index (χ1n) is 6.86. The maximum Gasteiger partial charge on any atom is 0.416 e.